The second-order valence-corrected chi connectivity index (χ2v) is 4.17. The zero-order valence-electron chi connectivity index (χ0n) is 11.1. The van der Waals surface area contributed by atoms with Gasteiger partial charge in [-0.3, -0.25) is 19.8 Å². The quantitative estimate of drug-likeness (QED) is 0.518. The summed E-state index contributed by atoms with van der Waals surface area (Å²) in [6, 6.07) is -0.696. The van der Waals surface area contributed by atoms with E-state index in [-0.39, 0.29) is 5.71 Å². The SMILES string of the molecule is CON=C(C)C1(NC(C)=O)C(=O)N(C)N(O)C1C. The van der Waals surface area contributed by atoms with Gasteiger partial charge in [0.05, 0.1) is 11.8 Å². The van der Waals surface area contributed by atoms with Gasteiger partial charge in [-0.2, -0.15) is 0 Å². The minimum atomic E-state index is -1.43. The molecule has 8 heteroatoms. The van der Waals surface area contributed by atoms with Gasteiger partial charge in [-0.05, 0) is 13.8 Å². The van der Waals surface area contributed by atoms with Crippen molar-refractivity contribution in [2.24, 2.45) is 5.16 Å². The number of nitrogens with zero attached hydrogens (tertiary/aromatic N) is 3. The molecule has 1 rings (SSSR count). The Labute approximate surface area is 105 Å². The molecule has 0 bridgehead atoms. The largest absolute Gasteiger partial charge is 0.399 e. The van der Waals surface area contributed by atoms with Crippen molar-refractivity contribution in [3.8, 4) is 0 Å². The molecule has 0 aliphatic carbocycles. The van der Waals surface area contributed by atoms with Crippen molar-refractivity contribution in [1.29, 1.82) is 0 Å². The number of hydrazine groups is 1. The van der Waals surface area contributed by atoms with Crippen LogP contribution in [0.1, 0.15) is 20.8 Å². The van der Waals surface area contributed by atoms with Gasteiger partial charge < -0.3 is 10.2 Å². The maximum atomic E-state index is 12.3. The fourth-order valence-electron chi connectivity index (χ4n) is 2.15. The molecule has 0 radical (unpaired) electrons. The van der Waals surface area contributed by atoms with Crippen LogP contribution in [0.2, 0.25) is 0 Å². The molecule has 0 aromatic heterocycles. The highest BCUT2D eigenvalue weighted by Gasteiger charge is 2.58. The molecule has 102 valence electrons. The Kier molecular flexibility index (Phi) is 3.92. The van der Waals surface area contributed by atoms with Crippen molar-refractivity contribution in [1.82, 2.24) is 15.5 Å². The average Bonchev–Trinajstić information content (AvgIpc) is 2.45. The van der Waals surface area contributed by atoms with E-state index >= 15 is 0 Å². The Hall–Kier alpha value is -1.67. The number of hydrogen-bond acceptors (Lipinski definition) is 6. The smallest absolute Gasteiger partial charge is 0.272 e. The normalized spacial score (nSPS) is 29.7. The van der Waals surface area contributed by atoms with Crippen molar-refractivity contribution >= 4 is 17.5 Å². The number of carbonyl (C=O) groups excluding carboxylic acids is 2. The third-order valence-corrected chi connectivity index (χ3v) is 3.08. The molecule has 2 N–H and O–H groups in total. The van der Waals surface area contributed by atoms with E-state index in [0.29, 0.717) is 0 Å². The van der Waals surface area contributed by atoms with E-state index in [1.807, 2.05) is 0 Å². The summed E-state index contributed by atoms with van der Waals surface area (Å²) < 4.78 is 0. The first-order chi connectivity index (χ1) is 8.28. The summed E-state index contributed by atoms with van der Waals surface area (Å²) in [5, 5.41) is 17.8. The van der Waals surface area contributed by atoms with Crippen LogP contribution < -0.4 is 5.32 Å². The number of hydroxylamine groups is 1. The molecule has 2 atom stereocenters. The first-order valence-electron chi connectivity index (χ1n) is 5.42. The highest BCUT2D eigenvalue weighted by atomic mass is 16.6. The van der Waals surface area contributed by atoms with Crippen LogP contribution in [-0.2, 0) is 14.4 Å². The molecule has 0 aromatic rings. The van der Waals surface area contributed by atoms with Crippen molar-refractivity contribution in [2.75, 3.05) is 14.2 Å². The molecule has 1 fully saturated rings. The third kappa shape index (κ3) is 1.93. The van der Waals surface area contributed by atoms with Crippen LogP contribution >= 0.6 is 0 Å². The van der Waals surface area contributed by atoms with Crippen LogP contribution in [0.4, 0.5) is 0 Å². The summed E-state index contributed by atoms with van der Waals surface area (Å²) in [5.74, 6) is -0.879. The number of amides is 2. The van der Waals surface area contributed by atoms with Crippen LogP contribution in [-0.4, -0.2) is 58.7 Å². The van der Waals surface area contributed by atoms with Crippen molar-refractivity contribution in [2.45, 2.75) is 32.4 Å². The van der Waals surface area contributed by atoms with Gasteiger partial charge in [-0.1, -0.05) is 10.3 Å². The molecule has 18 heavy (non-hydrogen) atoms. The fourth-order valence-corrected chi connectivity index (χ4v) is 2.15. The van der Waals surface area contributed by atoms with E-state index in [1.165, 1.54) is 21.1 Å². The van der Waals surface area contributed by atoms with E-state index < -0.39 is 23.4 Å². The molecule has 8 nitrogen and oxygen atoms in total. The Morgan fingerprint density at radius 1 is 1.56 bits per heavy atom. The molecule has 0 aromatic carbocycles. The van der Waals surface area contributed by atoms with E-state index in [4.69, 9.17) is 0 Å². The predicted molar refractivity (Wildman–Crippen MR) is 62.5 cm³/mol. The van der Waals surface area contributed by atoms with Gasteiger partial charge in [-0.15, -0.1) is 0 Å². The number of carbonyl (C=O) groups is 2. The summed E-state index contributed by atoms with van der Waals surface area (Å²) in [5.41, 5.74) is -1.16. The van der Waals surface area contributed by atoms with Gasteiger partial charge in [0.25, 0.3) is 5.91 Å². The molecule has 1 saturated heterocycles. The number of nitrogens with one attached hydrogen (secondary N) is 1. The van der Waals surface area contributed by atoms with Gasteiger partial charge in [0.1, 0.15) is 7.11 Å². The lowest BCUT2D eigenvalue weighted by molar-refractivity contribution is -0.226. The zero-order chi connectivity index (χ0) is 14.1. The average molecular weight is 258 g/mol. The van der Waals surface area contributed by atoms with E-state index in [0.717, 1.165) is 10.2 Å². The number of oxime groups is 1. The number of likely N-dealkylation sites (N-methyl/N-ethyl adjacent to an activating group) is 1. The van der Waals surface area contributed by atoms with Gasteiger partial charge >= 0.3 is 0 Å². The maximum absolute atomic E-state index is 12.3. The van der Waals surface area contributed by atoms with E-state index in [9.17, 15) is 14.8 Å². The summed E-state index contributed by atoms with van der Waals surface area (Å²) in [6.45, 7) is 4.45. The molecule has 1 aliphatic rings. The van der Waals surface area contributed by atoms with Crippen molar-refractivity contribution < 1.29 is 19.6 Å². The Bertz CT molecular complexity index is 397. The molecule has 0 spiro atoms. The lowest BCUT2D eigenvalue weighted by Gasteiger charge is -2.30. The molecule has 1 heterocycles. The fraction of sp³-hybridized carbons (Fsp3) is 0.700. The number of rotatable bonds is 3. The molecular weight excluding hydrogens is 240 g/mol. The summed E-state index contributed by atoms with van der Waals surface area (Å²) in [6.07, 6.45) is 0. The summed E-state index contributed by atoms with van der Waals surface area (Å²) in [4.78, 5) is 28.3. The summed E-state index contributed by atoms with van der Waals surface area (Å²) in [7, 11) is 2.75. The molecule has 2 amide bonds. The maximum Gasteiger partial charge on any atom is 0.272 e. The van der Waals surface area contributed by atoms with E-state index in [1.54, 1.807) is 13.8 Å². The number of hydrogen-bond donors (Lipinski definition) is 2. The van der Waals surface area contributed by atoms with Crippen LogP contribution in [0, 0.1) is 0 Å². The van der Waals surface area contributed by atoms with Crippen LogP contribution in [0.3, 0.4) is 0 Å². The molecular formula is C10H18N4O4. The standard InChI is InChI=1S/C10H18N4O4/c1-6(12-18-5)10(11-8(3)15)7(2)14(17)13(4)9(10)16/h7,17H,1-5H3,(H,11,15). The van der Waals surface area contributed by atoms with Gasteiger partial charge in [0, 0.05) is 14.0 Å². The lowest BCUT2D eigenvalue weighted by atomic mass is 9.87. The first-order valence-corrected chi connectivity index (χ1v) is 5.42. The predicted octanol–water partition coefficient (Wildman–Crippen LogP) is -0.650. The van der Waals surface area contributed by atoms with Crippen molar-refractivity contribution in [3.63, 3.8) is 0 Å². The zero-order valence-corrected chi connectivity index (χ0v) is 11.1. The van der Waals surface area contributed by atoms with Gasteiger partial charge in [0.15, 0.2) is 5.54 Å². The van der Waals surface area contributed by atoms with Gasteiger partial charge in [0.2, 0.25) is 5.91 Å². The van der Waals surface area contributed by atoms with Crippen LogP contribution in [0.25, 0.3) is 0 Å². The Balaban J connectivity index is 3.33. The third-order valence-electron chi connectivity index (χ3n) is 3.08. The van der Waals surface area contributed by atoms with Crippen LogP contribution in [0.15, 0.2) is 5.16 Å². The highest BCUT2D eigenvalue weighted by molar-refractivity contribution is 6.15. The first kappa shape index (κ1) is 14.4. The van der Waals surface area contributed by atoms with Crippen LogP contribution in [0.5, 0.6) is 0 Å². The highest BCUT2D eigenvalue weighted by Crippen LogP contribution is 2.28. The lowest BCUT2D eigenvalue weighted by Crippen LogP contribution is -2.63. The Morgan fingerprint density at radius 2 is 2.11 bits per heavy atom. The minimum Gasteiger partial charge on any atom is -0.399 e. The Morgan fingerprint density at radius 3 is 2.44 bits per heavy atom. The second kappa shape index (κ2) is 4.91. The monoisotopic (exact) mass is 258 g/mol. The van der Waals surface area contributed by atoms with E-state index in [2.05, 4.69) is 15.3 Å². The second-order valence-electron chi connectivity index (χ2n) is 4.17. The van der Waals surface area contributed by atoms with Crippen molar-refractivity contribution in [3.05, 3.63) is 0 Å². The summed E-state index contributed by atoms with van der Waals surface area (Å²) >= 11 is 0. The molecule has 1 aliphatic heterocycles. The molecule has 2 unspecified atom stereocenters. The van der Waals surface area contributed by atoms with Gasteiger partial charge in [-0.25, -0.2) is 0 Å². The topological polar surface area (TPSA) is 94.5 Å². The molecule has 0 saturated carbocycles. The minimum absolute atomic E-state index is 0.265.